The Kier molecular flexibility index (Phi) is 15.8. The smallest absolute Gasteiger partial charge is 0.241 e. The molecule has 0 aliphatic heterocycles. The lowest BCUT2D eigenvalue weighted by Crippen LogP contribution is -2.40. The van der Waals surface area contributed by atoms with E-state index in [4.69, 9.17) is 0 Å². The molecule has 1 N–H and O–H groups in total. The number of carbonyl (C=O) groups excluding carboxylic acids is 2. The predicted molar refractivity (Wildman–Crippen MR) is 268 cm³/mol. The second-order valence-corrected chi connectivity index (χ2v) is 21.3. The second-order valence-electron chi connectivity index (χ2n) is 19.6. The van der Waals surface area contributed by atoms with Crippen molar-refractivity contribution in [3.05, 3.63) is 175 Å². The van der Waals surface area contributed by atoms with Crippen molar-refractivity contribution in [1.82, 2.24) is 14.7 Å². The zero-order valence-electron chi connectivity index (χ0n) is 39.2. The van der Waals surface area contributed by atoms with Crippen LogP contribution in [0.5, 0.6) is 0 Å². The zero-order chi connectivity index (χ0) is 46.9. The topological polar surface area (TPSA) is 106 Å². The lowest BCUT2D eigenvalue weighted by molar-refractivity contribution is 0.0852. The van der Waals surface area contributed by atoms with Gasteiger partial charge >= 0.3 is 0 Å². The molecule has 7 nitrogen and oxygen atoms in total. The summed E-state index contributed by atoms with van der Waals surface area (Å²) < 4.78 is 27.0. The van der Waals surface area contributed by atoms with Crippen LogP contribution in [-0.4, -0.2) is 35.5 Å². The summed E-state index contributed by atoms with van der Waals surface area (Å²) >= 11 is 0. The zero-order valence-corrected chi connectivity index (χ0v) is 40.0. The summed E-state index contributed by atoms with van der Waals surface area (Å²) in [7, 11) is -3.46. The highest BCUT2D eigenvalue weighted by molar-refractivity contribution is 7.89. The highest BCUT2D eigenvalue weighted by Gasteiger charge is 2.24. The van der Waals surface area contributed by atoms with E-state index in [1.54, 1.807) is 24.5 Å². The highest BCUT2D eigenvalue weighted by atomic mass is 32.2. The molecule has 0 aliphatic carbocycles. The first kappa shape index (κ1) is 48.9. The molecule has 0 aliphatic rings. The molecule has 8 aromatic rings. The Morgan fingerprint density at radius 1 is 0.516 bits per heavy atom. The average Bonchev–Trinajstić information content (AvgIpc) is 3.24. The minimum Gasteiger partial charge on any atom is -0.294 e. The standard InChI is InChI=1S/C14H17NO2S.2C14H15NO.C14H16/c1-14(2,3)15-18(16,17)13-9-8-11-6-4-5-7-12(11)10-13;1-14(2,3)13(16)11-6-7-12-10(9-11)5-4-8-15-12;1-14(2,3)13(16)11-8-10-6-4-5-7-12(10)15-9-11;1-11(2)9-12-7-8-13-5-3-4-6-14(13)10-12/h4-10,15H,1-3H3;2*4-9H,1-3H3;3-8,10-11H,9H2,1-2H3. The minimum absolute atomic E-state index is 0.130. The third kappa shape index (κ3) is 14.0. The Labute approximate surface area is 380 Å². The van der Waals surface area contributed by atoms with Crippen molar-refractivity contribution in [2.24, 2.45) is 16.7 Å². The van der Waals surface area contributed by atoms with Crippen LogP contribution in [0.15, 0.2) is 163 Å². The first-order valence-corrected chi connectivity index (χ1v) is 23.3. The fraction of sp³-hybridized carbons (Fsp3) is 0.286. The molecule has 64 heavy (non-hydrogen) atoms. The molecule has 6 aromatic carbocycles. The van der Waals surface area contributed by atoms with Gasteiger partial charge in [-0.15, -0.1) is 0 Å². The van der Waals surface area contributed by atoms with E-state index < -0.39 is 15.6 Å². The molecular formula is C56H63N3O4S. The van der Waals surface area contributed by atoms with Gasteiger partial charge in [0.15, 0.2) is 11.6 Å². The molecule has 0 amide bonds. The highest BCUT2D eigenvalue weighted by Crippen LogP contribution is 2.25. The van der Waals surface area contributed by atoms with Gasteiger partial charge in [0.05, 0.1) is 15.9 Å². The van der Waals surface area contributed by atoms with Crippen molar-refractivity contribution < 1.29 is 18.0 Å². The molecule has 2 heterocycles. The van der Waals surface area contributed by atoms with E-state index in [1.807, 2.05) is 153 Å². The van der Waals surface area contributed by atoms with Gasteiger partial charge in [0, 0.05) is 50.7 Å². The number of benzene rings is 6. The van der Waals surface area contributed by atoms with Gasteiger partial charge in [0.2, 0.25) is 10.0 Å². The maximum Gasteiger partial charge on any atom is 0.241 e. The third-order valence-corrected chi connectivity index (χ3v) is 11.8. The number of ketones is 2. The summed E-state index contributed by atoms with van der Waals surface area (Å²) in [5.74, 6) is 1.03. The van der Waals surface area contributed by atoms with Crippen LogP contribution in [0.3, 0.4) is 0 Å². The number of carbonyl (C=O) groups is 2. The fourth-order valence-corrected chi connectivity index (χ4v) is 8.37. The molecule has 0 saturated carbocycles. The van der Waals surface area contributed by atoms with E-state index in [0.717, 1.165) is 44.1 Å². The Balaban J connectivity index is 0.000000161. The van der Waals surface area contributed by atoms with Gasteiger partial charge in [-0.05, 0) is 109 Å². The van der Waals surface area contributed by atoms with Crippen LogP contribution in [-0.2, 0) is 16.4 Å². The number of aromatic nitrogens is 2. The maximum atomic E-state index is 12.2. The number of fused-ring (bicyclic) bond motifs is 4. The number of rotatable bonds is 6. The maximum absolute atomic E-state index is 12.2. The van der Waals surface area contributed by atoms with Crippen molar-refractivity contribution in [1.29, 1.82) is 0 Å². The molecule has 8 heteroatoms. The lowest BCUT2D eigenvalue weighted by Gasteiger charge is -2.20. The molecule has 0 saturated heterocycles. The molecule has 2 aromatic heterocycles. The summed E-state index contributed by atoms with van der Waals surface area (Å²) in [6.45, 7) is 21.6. The monoisotopic (exact) mass is 873 g/mol. The number of pyridine rings is 2. The Morgan fingerprint density at radius 2 is 1.00 bits per heavy atom. The summed E-state index contributed by atoms with van der Waals surface area (Å²) in [4.78, 5) is 33.0. The van der Waals surface area contributed by atoms with Crippen LogP contribution in [0.25, 0.3) is 43.4 Å². The number of hydrogen-bond donors (Lipinski definition) is 1. The Bertz CT molecular complexity index is 2890. The summed E-state index contributed by atoms with van der Waals surface area (Å²) in [6, 6.07) is 47.4. The van der Waals surface area contributed by atoms with Crippen molar-refractivity contribution >= 4 is 64.9 Å². The predicted octanol–water partition coefficient (Wildman–Crippen LogP) is 13.9. The summed E-state index contributed by atoms with van der Waals surface area (Å²) in [6.07, 6.45) is 4.59. The molecular weight excluding hydrogens is 811 g/mol. The Hall–Kier alpha value is -6.09. The van der Waals surface area contributed by atoms with Crippen molar-refractivity contribution in [2.75, 3.05) is 0 Å². The number of nitrogens with zero attached hydrogens (tertiary/aromatic N) is 2. The lowest BCUT2D eigenvalue weighted by atomic mass is 9.86. The van der Waals surface area contributed by atoms with Gasteiger partial charge in [0.1, 0.15) is 0 Å². The van der Waals surface area contributed by atoms with Gasteiger partial charge < -0.3 is 0 Å². The Morgan fingerprint density at radius 3 is 1.58 bits per heavy atom. The van der Waals surface area contributed by atoms with Crippen LogP contribution in [0.4, 0.5) is 0 Å². The SMILES string of the molecule is CC(C)(C)C(=O)c1ccc2ncccc2c1.CC(C)(C)C(=O)c1cnc2ccccc2c1.CC(C)(C)NS(=O)(=O)c1ccc2ccccc2c1.CC(C)Cc1ccc2ccccc2c1. The van der Waals surface area contributed by atoms with Crippen LogP contribution >= 0.6 is 0 Å². The van der Waals surface area contributed by atoms with Gasteiger partial charge in [-0.1, -0.05) is 152 Å². The van der Waals surface area contributed by atoms with E-state index >= 15 is 0 Å². The van der Waals surface area contributed by atoms with E-state index in [-0.39, 0.29) is 22.4 Å². The quantitative estimate of drug-likeness (QED) is 0.167. The third-order valence-electron chi connectivity index (χ3n) is 10.0. The van der Waals surface area contributed by atoms with Crippen molar-refractivity contribution in [3.63, 3.8) is 0 Å². The number of nitrogens with one attached hydrogen (secondary N) is 1. The van der Waals surface area contributed by atoms with Crippen LogP contribution in [0.2, 0.25) is 0 Å². The minimum atomic E-state index is -3.46. The number of Topliss-reactive ketones (excluding diaryl/α,β-unsaturated/α-hetero) is 2. The van der Waals surface area contributed by atoms with E-state index in [9.17, 15) is 18.0 Å². The van der Waals surface area contributed by atoms with E-state index in [0.29, 0.717) is 10.5 Å². The van der Waals surface area contributed by atoms with Gasteiger partial charge in [0.25, 0.3) is 0 Å². The van der Waals surface area contributed by atoms with Gasteiger partial charge in [-0.2, -0.15) is 0 Å². The number of para-hydroxylation sites is 1. The summed E-state index contributed by atoms with van der Waals surface area (Å²) in [5.41, 5.74) is 3.56. The van der Waals surface area contributed by atoms with Crippen LogP contribution in [0, 0.1) is 16.7 Å². The van der Waals surface area contributed by atoms with Crippen molar-refractivity contribution in [2.45, 2.75) is 93.0 Å². The summed E-state index contributed by atoms with van der Waals surface area (Å²) in [5, 5.41) is 6.67. The molecule has 0 atom stereocenters. The first-order valence-electron chi connectivity index (χ1n) is 21.8. The van der Waals surface area contributed by atoms with Crippen LogP contribution < -0.4 is 4.72 Å². The average molecular weight is 874 g/mol. The van der Waals surface area contributed by atoms with Crippen LogP contribution in [0.1, 0.15) is 102 Å². The molecule has 332 valence electrons. The normalized spacial score (nSPS) is 11.9. The molecule has 0 spiro atoms. The molecule has 0 bridgehead atoms. The molecule has 8 rings (SSSR count). The van der Waals surface area contributed by atoms with Gasteiger partial charge in [-0.3, -0.25) is 19.6 Å². The molecule has 0 radical (unpaired) electrons. The number of hydrogen-bond acceptors (Lipinski definition) is 6. The number of sulfonamides is 1. The van der Waals surface area contributed by atoms with Crippen molar-refractivity contribution in [3.8, 4) is 0 Å². The second kappa shape index (κ2) is 20.6. The molecule has 0 fully saturated rings. The van der Waals surface area contributed by atoms with Gasteiger partial charge in [-0.25, -0.2) is 13.1 Å². The first-order chi connectivity index (χ1) is 30.0. The fourth-order valence-electron chi connectivity index (χ4n) is 6.91. The van der Waals surface area contributed by atoms with E-state index in [2.05, 4.69) is 71.0 Å². The van der Waals surface area contributed by atoms with E-state index in [1.165, 1.54) is 22.8 Å². The molecule has 0 unspecified atom stereocenters. The largest absolute Gasteiger partial charge is 0.294 e.